The lowest BCUT2D eigenvalue weighted by atomic mass is 9.87. The van der Waals surface area contributed by atoms with Crippen LogP contribution < -0.4 is 0 Å². The van der Waals surface area contributed by atoms with E-state index in [9.17, 15) is 0 Å². The Hall–Kier alpha value is -8.36. The van der Waals surface area contributed by atoms with Crippen molar-refractivity contribution in [3.05, 3.63) is 231 Å². The predicted octanol–water partition coefficient (Wildman–Crippen LogP) is 19.3. The number of fused-ring (bicyclic) bond motifs is 4. The number of hydrogen-bond acceptors (Lipinski definition) is 1. The molecule has 0 spiro atoms. The molecular formula is C66H38S. The average molecular weight is 863 g/mol. The van der Waals surface area contributed by atoms with Crippen LogP contribution >= 0.6 is 11.3 Å². The maximum Gasteiger partial charge on any atom is 0.0355 e. The number of hydrogen-bond donors (Lipinski definition) is 0. The van der Waals surface area contributed by atoms with Crippen molar-refractivity contribution in [3.63, 3.8) is 0 Å². The second-order valence-corrected chi connectivity index (χ2v) is 19.4. The van der Waals surface area contributed by atoms with Gasteiger partial charge in [0.2, 0.25) is 0 Å². The van der Waals surface area contributed by atoms with Gasteiger partial charge in [-0.3, -0.25) is 0 Å². The third-order valence-corrected chi connectivity index (χ3v) is 15.9. The molecule has 0 radical (unpaired) electrons. The summed E-state index contributed by atoms with van der Waals surface area (Å²) in [5, 5.41) is 20.9. The molecule has 308 valence electrons. The summed E-state index contributed by atoms with van der Waals surface area (Å²) in [6.07, 6.45) is 0. The lowest BCUT2D eigenvalue weighted by molar-refractivity contribution is 1.63. The quantitative estimate of drug-likeness (QED) is 0.151. The summed E-state index contributed by atoms with van der Waals surface area (Å²) < 4.78 is 2.63. The molecule has 0 atom stereocenters. The van der Waals surface area contributed by atoms with E-state index in [0.717, 1.165) is 0 Å². The Bertz CT molecular complexity index is 4460. The number of thiophene rings is 1. The molecule has 1 heterocycles. The molecule has 15 rings (SSSR count). The van der Waals surface area contributed by atoms with Crippen molar-refractivity contribution in [2.75, 3.05) is 0 Å². The number of rotatable bonds is 5. The highest BCUT2D eigenvalue weighted by atomic mass is 32.1. The fourth-order valence-corrected chi connectivity index (χ4v) is 12.5. The van der Waals surface area contributed by atoms with E-state index in [4.69, 9.17) is 0 Å². The second kappa shape index (κ2) is 14.1. The van der Waals surface area contributed by atoms with Crippen molar-refractivity contribution < 1.29 is 0 Å². The van der Waals surface area contributed by atoms with Gasteiger partial charge in [-0.2, -0.15) is 0 Å². The fraction of sp³-hybridized carbons (Fsp3) is 0. The van der Waals surface area contributed by atoms with Crippen LogP contribution in [0.15, 0.2) is 231 Å². The van der Waals surface area contributed by atoms with Gasteiger partial charge in [-0.05, 0) is 161 Å². The Labute approximate surface area is 390 Å². The maximum atomic E-state index is 2.40. The van der Waals surface area contributed by atoms with E-state index in [1.54, 1.807) is 0 Å². The van der Waals surface area contributed by atoms with Crippen LogP contribution in [0.1, 0.15) is 0 Å². The van der Waals surface area contributed by atoms with Crippen LogP contribution in [0.3, 0.4) is 0 Å². The fourth-order valence-electron chi connectivity index (χ4n) is 11.5. The van der Waals surface area contributed by atoms with Crippen molar-refractivity contribution in [2.45, 2.75) is 0 Å². The molecule has 0 bridgehead atoms. The lowest BCUT2D eigenvalue weighted by Gasteiger charge is -2.17. The Morgan fingerprint density at radius 3 is 1.07 bits per heavy atom. The van der Waals surface area contributed by atoms with Crippen LogP contribution in [0.4, 0.5) is 0 Å². The van der Waals surface area contributed by atoms with E-state index in [2.05, 4.69) is 231 Å². The molecule has 0 aliphatic heterocycles. The minimum atomic E-state index is 1.22. The van der Waals surface area contributed by atoms with Crippen molar-refractivity contribution in [1.82, 2.24) is 0 Å². The normalized spacial score (nSPS) is 12.2. The molecule has 14 aromatic carbocycles. The first-order chi connectivity index (χ1) is 33.2. The van der Waals surface area contributed by atoms with Crippen LogP contribution in [0.5, 0.6) is 0 Å². The predicted molar refractivity (Wildman–Crippen MR) is 291 cm³/mol. The molecule has 0 amide bonds. The van der Waals surface area contributed by atoms with Gasteiger partial charge in [-0.25, -0.2) is 0 Å². The molecule has 0 nitrogen and oxygen atoms in total. The Morgan fingerprint density at radius 2 is 0.552 bits per heavy atom. The summed E-state index contributed by atoms with van der Waals surface area (Å²) in [5.41, 5.74) is 12.5. The van der Waals surface area contributed by atoms with Crippen molar-refractivity contribution in [3.8, 4) is 55.6 Å². The van der Waals surface area contributed by atoms with Gasteiger partial charge in [0.25, 0.3) is 0 Å². The highest BCUT2D eigenvalue weighted by Crippen LogP contribution is 2.45. The minimum Gasteiger partial charge on any atom is -0.135 e. The highest BCUT2D eigenvalue weighted by molar-refractivity contribution is 7.25. The highest BCUT2D eigenvalue weighted by Gasteiger charge is 2.17. The van der Waals surface area contributed by atoms with Gasteiger partial charge in [0.15, 0.2) is 0 Å². The van der Waals surface area contributed by atoms with Crippen LogP contribution in [-0.2, 0) is 0 Å². The minimum absolute atomic E-state index is 1.22. The van der Waals surface area contributed by atoms with E-state index in [-0.39, 0.29) is 0 Å². The van der Waals surface area contributed by atoms with Gasteiger partial charge in [-0.1, -0.05) is 200 Å². The third-order valence-electron chi connectivity index (χ3n) is 14.8. The van der Waals surface area contributed by atoms with Gasteiger partial charge in [0.05, 0.1) is 0 Å². The lowest BCUT2D eigenvalue weighted by Crippen LogP contribution is -1.89. The molecule has 0 aliphatic rings. The molecule has 1 heteroatoms. The first kappa shape index (κ1) is 36.9. The van der Waals surface area contributed by atoms with Gasteiger partial charge in [0, 0.05) is 20.2 Å². The van der Waals surface area contributed by atoms with Crippen molar-refractivity contribution in [1.29, 1.82) is 0 Å². The van der Waals surface area contributed by atoms with Crippen molar-refractivity contribution >= 4 is 107 Å². The Kier molecular flexibility index (Phi) is 7.75. The molecule has 67 heavy (non-hydrogen) atoms. The topological polar surface area (TPSA) is 0 Å². The molecule has 0 aliphatic carbocycles. The van der Waals surface area contributed by atoms with Gasteiger partial charge < -0.3 is 0 Å². The zero-order valence-electron chi connectivity index (χ0n) is 36.3. The van der Waals surface area contributed by atoms with Gasteiger partial charge >= 0.3 is 0 Å². The van der Waals surface area contributed by atoms with E-state index >= 15 is 0 Å². The van der Waals surface area contributed by atoms with Crippen LogP contribution in [0.2, 0.25) is 0 Å². The summed E-state index contributed by atoms with van der Waals surface area (Å²) in [4.78, 5) is 0. The van der Waals surface area contributed by atoms with E-state index in [1.165, 1.54) is 151 Å². The van der Waals surface area contributed by atoms with Crippen LogP contribution in [0.25, 0.3) is 151 Å². The molecular weight excluding hydrogens is 825 g/mol. The van der Waals surface area contributed by atoms with Gasteiger partial charge in [0.1, 0.15) is 0 Å². The first-order valence-corrected chi connectivity index (χ1v) is 24.0. The summed E-state index contributed by atoms with van der Waals surface area (Å²) in [7, 11) is 0. The first-order valence-electron chi connectivity index (χ1n) is 23.2. The summed E-state index contributed by atoms with van der Waals surface area (Å²) >= 11 is 1.88. The zero-order chi connectivity index (χ0) is 43.7. The van der Waals surface area contributed by atoms with E-state index in [1.807, 2.05) is 11.3 Å². The second-order valence-electron chi connectivity index (χ2n) is 18.4. The molecule has 15 aromatic rings. The Morgan fingerprint density at radius 1 is 0.194 bits per heavy atom. The molecule has 0 fully saturated rings. The maximum absolute atomic E-state index is 2.40. The molecule has 0 saturated heterocycles. The third kappa shape index (κ3) is 5.59. The molecule has 1 aromatic heterocycles. The summed E-state index contributed by atoms with van der Waals surface area (Å²) in [5.74, 6) is 0. The zero-order valence-corrected chi connectivity index (χ0v) is 37.2. The monoisotopic (exact) mass is 862 g/mol. The van der Waals surface area contributed by atoms with Gasteiger partial charge in [-0.15, -0.1) is 11.3 Å². The Balaban J connectivity index is 0.762. The van der Waals surface area contributed by atoms with E-state index < -0.39 is 0 Å². The summed E-state index contributed by atoms with van der Waals surface area (Å²) in [6, 6.07) is 86.6. The van der Waals surface area contributed by atoms with Crippen LogP contribution in [-0.4, -0.2) is 0 Å². The largest absolute Gasteiger partial charge is 0.135 e. The molecule has 0 N–H and O–H groups in total. The smallest absolute Gasteiger partial charge is 0.0355 e. The van der Waals surface area contributed by atoms with E-state index in [0.29, 0.717) is 0 Å². The average Bonchev–Trinajstić information content (AvgIpc) is 3.76. The molecule has 0 saturated carbocycles. The summed E-state index contributed by atoms with van der Waals surface area (Å²) in [6.45, 7) is 0. The van der Waals surface area contributed by atoms with Crippen LogP contribution in [0, 0.1) is 0 Å². The standard InChI is InChI=1S/C66H38S/c1-2-5-49-36-52(19-12-39(49)4-1)55-30-22-48-24-32-57-54(29-21-47-25-33-58(55)66(48)65(47)57)43-15-10-41(11-16-43)51-27-35-62-60(38-51)59-37-50(26-34-61(59)67-62)40-8-13-42(14-9-40)53-28-20-46-18-17-44-6-3-7-45-23-31-56(53)64(46)63(44)45/h1-38H. The number of benzene rings is 14. The SMILES string of the molecule is c1ccc2cc(-c3ccc4ccc5c(-c6ccc(-c7ccc8sc9ccc(-c%10ccc(-c%11ccc%12ccc%13cccc%14ccc%11c%12c%13%14)cc%10)cc9c8c7)cc6)ccc6ccc3c4c65)ccc2c1. The van der Waals surface area contributed by atoms with Crippen molar-refractivity contribution in [2.24, 2.45) is 0 Å². The molecule has 0 unspecified atom stereocenters.